The van der Waals surface area contributed by atoms with E-state index in [-0.39, 0.29) is 11.6 Å². The van der Waals surface area contributed by atoms with E-state index in [1.807, 2.05) is 12.1 Å². The minimum atomic E-state index is -0.555. The molecule has 0 saturated carbocycles. The topological polar surface area (TPSA) is 74.1 Å². The first-order valence-corrected chi connectivity index (χ1v) is 7.73. The summed E-state index contributed by atoms with van der Waals surface area (Å²) in [6, 6.07) is 8.34. The fraction of sp³-hybridized carbons (Fsp3) is 0.353. The molecule has 1 saturated heterocycles. The van der Waals surface area contributed by atoms with Crippen molar-refractivity contribution >= 4 is 11.8 Å². The zero-order valence-electron chi connectivity index (χ0n) is 13.6. The largest absolute Gasteiger partial charge is 0.377 e. The second-order valence-corrected chi connectivity index (χ2v) is 5.61. The van der Waals surface area contributed by atoms with E-state index >= 15 is 0 Å². The summed E-state index contributed by atoms with van der Waals surface area (Å²) in [4.78, 5) is 11.1. The predicted octanol–water partition coefficient (Wildman–Crippen LogP) is 2.42. The lowest BCUT2D eigenvalue weighted by Gasteiger charge is -2.34. The Balaban J connectivity index is 2.03. The highest BCUT2D eigenvalue weighted by Gasteiger charge is 2.21. The van der Waals surface area contributed by atoms with Gasteiger partial charge < -0.3 is 15.0 Å². The third kappa shape index (κ3) is 3.14. The quantitative estimate of drug-likeness (QED) is 0.933. The molecular weight excluding hydrogens is 309 g/mol. The molecule has 1 atom stereocenters. The summed E-state index contributed by atoms with van der Waals surface area (Å²) >= 11 is 0. The number of rotatable bonds is 3. The molecule has 0 bridgehead atoms. The van der Waals surface area contributed by atoms with Crippen molar-refractivity contribution in [2.24, 2.45) is 0 Å². The van der Waals surface area contributed by atoms with Gasteiger partial charge in [0.05, 0.1) is 30.5 Å². The van der Waals surface area contributed by atoms with E-state index < -0.39 is 5.82 Å². The SMILES string of the molecule is CNc1nc(-c2ccc(C#N)c(F)c2)cc(N2CCOCC2C)n1. The van der Waals surface area contributed by atoms with Gasteiger partial charge in [0.25, 0.3) is 0 Å². The van der Waals surface area contributed by atoms with Crippen molar-refractivity contribution < 1.29 is 9.13 Å². The van der Waals surface area contributed by atoms with E-state index in [2.05, 4.69) is 27.1 Å². The average molecular weight is 327 g/mol. The van der Waals surface area contributed by atoms with Crippen LogP contribution >= 0.6 is 0 Å². The van der Waals surface area contributed by atoms with E-state index in [1.54, 1.807) is 13.1 Å². The number of nitriles is 1. The minimum absolute atomic E-state index is 0.0173. The molecule has 124 valence electrons. The molecule has 0 amide bonds. The number of hydrogen-bond donors (Lipinski definition) is 1. The summed E-state index contributed by atoms with van der Waals surface area (Å²) < 4.78 is 19.4. The maximum Gasteiger partial charge on any atom is 0.224 e. The Kier molecular flexibility index (Phi) is 4.58. The number of ether oxygens (including phenoxy) is 1. The van der Waals surface area contributed by atoms with Crippen molar-refractivity contribution in [2.45, 2.75) is 13.0 Å². The summed E-state index contributed by atoms with van der Waals surface area (Å²) in [5, 5.41) is 11.8. The lowest BCUT2D eigenvalue weighted by Crippen LogP contribution is -2.44. The molecule has 1 fully saturated rings. The number of benzene rings is 1. The van der Waals surface area contributed by atoms with E-state index in [1.165, 1.54) is 12.1 Å². The van der Waals surface area contributed by atoms with E-state index in [0.717, 1.165) is 12.4 Å². The normalized spacial score (nSPS) is 17.4. The standard InChI is InChI=1S/C17H18FN5O/c1-11-10-24-6-5-23(11)16-8-15(21-17(20-2)22-16)12-3-4-13(9-19)14(18)7-12/h3-4,7-8,11H,5-6,10H2,1-2H3,(H,20,21,22). The first-order valence-electron chi connectivity index (χ1n) is 7.73. The Morgan fingerprint density at radius 2 is 2.21 bits per heavy atom. The zero-order chi connectivity index (χ0) is 17.1. The first-order chi connectivity index (χ1) is 11.6. The molecule has 0 radical (unpaired) electrons. The van der Waals surface area contributed by atoms with Gasteiger partial charge in [0, 0.05) is 25.2 Å². The molecular formula is C17H18FN5O. The van der Waals surface area contributed by atoms with Crippen molar-refractivity contribution in [2.75, 3.05) is 37.0 Å². The molecule has 1 aliphatic heterocycles. The fourth-order valence-corrected chi connectivity index (χ4v) is 2.67. The summed E-state index contributed by atoms with van der Waals surface area (Å²) in [7, 11) is 1.74. The number of nitrogens with zero attached hydrogens (tertiary/aromatic N) is 4. The molecule has 1 aromatic heterocycles. The van der Waals surface area contributed by atoms with Crippen LogP contribution in [-0.2, 0) is 4.74 Å². The van der Waals surface area contributed by atoms with Crippen LogP contribution in [0.3, 0.4) is 0 Å². The second-order valence-electron chi connectivity index (χ2n) is 5.61. The van der Waals surface area contributed by atoms with Crippen molar-refractivity contribution in [3.8, 4) is 17.3 Å². The number of morpholine rings is 1. The molecule has 2 heterocycles. The van der Waals surface area contributed by atoms with E-state index in [4.69, 9.17) is 10.00 Å². The van der Waals surface area contributed by atoms with Gasteiger partial charge in [-0.3, -0.25) is 0 Å². The van der Waals surface area contributed by atoms with Crippen LogP contribution in [0.2, 0.25) is 0 Å². The van der Waals surface area contributed by atoms with Crippen LogP contribution in [0.4, 0.5) is 16.2 Å². The highest BCUT2D eigenvalue weighted by molar-refractivity contribution is 5.66. The number of halogens is 1. The van der Waals surface area contributed by atoms with E-state index in [9.17, 15) is 4.39 Å². The van der Waals surface area contributed by atoms with Crippen molar-refractivity contribution in [3.05, 3.63) is 35.6 Å². The summed E-state index contributed by atoms with van der Waals surface area (Å²) in [6.45, 7) is 4.09. The van der Waals surface area contributed by atoms with Crippen molar-refractivity contribution in [3.63, 3.8) is 0 Å². The molecule has 24 heavy (non-hydrogen) atoms. The van der Waals surface area contributed by atoms with Gasteiger partial charge in [0.2, 0.25) is 5.95 Å². The first kappa shape index (κ1) is 16.1. The van der Waals surface area contributed by atoms with Gasteiger partial charge in [0.15, 0.2) is 0 Å². The van der Waals surface area contributed by atoms with Gasteiger partial charge in [-0.15, -0.1) is 0 Å². The number of aromatic nitrogens is 2. The lowest BCUT2D eigenvalue weighted by molar-refractivity contribution is 0.0985. The van der Waals surface area contributed by atoms with Crippen LogP contribution < -0.4 is 10.2 Å². The van der Waals surface area contributed by atoms with Crippen molar-refractivity contribution in [1.82, 2.24) is 9.97 Å². The Hall–Kier alpha value is -2.72. The van der Waals surface area contributed by atoms with Crippen LogP contribution in [0, 0.1) is 17.1 Å². The maximum absolute atomic E-state index is 13.9. The number of anilines is 2. The molecule has 2 aromatic rings. The highest BCUT2D eigenvalue weighted by atomic mass is 19.1. The lowest BCUT2D eigenvalue weighted by atomic mass is 10.1. The Labute approximate surface area is 139 Å². The van der Waals surface area contributed by atoms with Crippen molar-refractivity contribution in [1.29, 1.82) is 5.26 Å². The van der Waals surface area contributed by atoms with Gasteiger partial charge in [-0.05, 0) is 19.1 Å². The number of hydrogen-bond acceptors (Lipinski definition) is 6. The summed E-state index contributed by atoms with van der Waals surface area (Å²) in [5.41, 5.74) is 1.22. The predicted molar refractivity (Wildman–Crippen MR) is 89.3 cm³/mol. The van der Waals surface area contributed by atoms with Gasteiger partial charge in [-0.1, -0.05) is 6.07 Å². The minimum Gasteiger partial charge on any atom is -0.377 e. The molecule has 1 N–H and O–H groups in total. The van der Waals surface area contributed by atoms with Crippen LogP contribution in [-0.4, -0.2) is 42.8 Å². The average Bonchev–Trinajstić information content (AvgIpc) is 2.61. The van der Waals surface area contributed by atoms with Crippen LogP contribution in [0.25, 0.3) is 11.3 Å². The molecule has 3 rings (SSSR count). The van der Waals surface area contributed by atoms with E-state index in [0.29, 0.717) is 30.4 Å². The van der Waals surface area contributed by atoms with Gasteiger partial charge in [-0.2, -0.15) is 10.2 Å². The summed E-state index contributed by atoms with van der Waals surface area (Å²) in [6.07, 6.45) is 0. The van der Waals surface area contributed by atoms with Gasteiger partial charge in [-0.25, -0.2) is 9.37 Å². The Morgan fingerprint density at radius 1 is 1.38 bits per heavy atom. The van der Waals surface area contributed by atoms with Gasteiger partial charge >= 0.3 is 0 Å². The third-order valence-corrected chi connectivity index (χ3v) is 3.98. The molecule has 1 aromatic carbocycles. The van der Waals surface area contributed by atoms with Crippen LogP contribution in [0.15, 0.2) is 24.3 Å². The number of nitrogens with one attached hydrogen (secondary N) is 1. The molecule has 0 spiro atoms. The molecule has 1 unspecified atom stereocenters. The third-order valence-electron chi connectivity index (χ3n) is 3.98. The molecule has 0 aliphatic carbocycles. The monoisotopic (exact) mass is 327 g/mol. The van der Waals surface area contributed by atoms with Gasteiger partial charge in [0.1, 0.15) is 17.7 Å². The smallest absolute Gasteiger partial charge is 0.224 e. The molecule has 6 nitrogen and oxygen atoms in total. The highest BCUT2D eigenvalue weighted by Crippen LogP contribution is 2.26. The second kappa shape index (κ2) is 6.81. The van der Waals surface area contributed by atoms with Crippen LogP contribution in [0.1, 0.15) is 12.5 Å². The zero-order valence-corrected chi connectivity index (χ0v) is 13.6. The maximum atomic E-state index is 13.9. The Morgan fingerprint density at radius 3 is 2.88 bits per heavy atom. The molecule has 7 heteroatoms. The van der Waals surface area contributed by atoms with Crippen LogP contribution in [0.5, 0.6) is 0 Å². The summed E-state index contributed by atoms with van der Waals surface area (Å²) in [5.74, 6) is 0.678. The molecule has 1 aliphatic rings. The Bertz CT molecular complexity index is 789. The fourth-order valence-electron chi connectivity index (χ4n) is 2.67.